The van der Waals surface area contributed by atoms with E-state index in [1.165, 1.54) is 0 Å². The molecule has 0 bridgehead atoms. The molecule has 1 aromatic heterocycles. The average Bonchev–Trinajstić information content (AvgIpc) is 3.01. The number of amides is 2. The number of hydrogen-bond donors (Lipinski definition) is 2. The number of fused-ring (bicyclic) bond motifs is 1. The topological polar surface area (TPSA) is 85.2 Å². The Morgan fingerprint density at radius 2 is 1.81 bits per heavy atom. The smallest absolute Gasteiger partial charge is 0.291 e. The van der Waals surface area contributed by atoms with Crippen molar-refractivity contribution in [3.8, 4) is 5.75 Å². The van der Waals surface area contributed by atoms with Crippen molar-refractivity contribution in [1.29, 1.82) is 0 Å². The first kappa shape index (κ1) is 18.9. The number of nitrogens with one attached hydrogen (secondary N) is 2. The summed E-state index contributed by atoms with van der Waals surface area (Å²) in [6.07, 6.45) is 2.70. The zero-order valence-electron chi connectivity index (χ0n) is 16.3. The number of rotatable bonds is 4. The molecule has 7 heteroatoms. The summed E-state index contributed by atoms with van der Waals surface area (Å²) in [5, 5.41) is 5.79. The number of nitrogens with zero attached hydrogens (tertiary/aromatic N) is 2. The number of imidazole rings is 1. The van der Waals surface area contributed by atoms with E-state index in [-0.39, 0.29) is 23.2 Å². The summed E-state index contributed by atoms with van der Waals surface area (Å²) >= 11 is 0. The molecular weight excluding hydrogens is 344 g/mol. The molecule has 2 amide bonds. The van der Waals surface area contributed by atoms with Crippen LogP contribution in [0.5, 0.6) is 5.75 Å². The van der Waals surface area contributed by atoms with Crippen LogP contribution >= 0.6 is 0 Å². The van der Waals surface area contributed by atoms with E-state index in [1.807, 2.05) is 25.3 Å². The van der Waals surface area contributed by atoms with Crippen LogP contribution in [-0.2, 0) is 13.0 Å². The maximum atomic E-state index is 12.8. The fourth-order valence-electron chi connectivity index (χ4n) is 3.16. The average molecular weight is 370 g/mol. The van der Waals surface area contributed by atoms with Crippen LogP contribution in [0.1, 0.15) is 60.4 Å². The first-order chi connectivity index (χ1) is 12.8. The Morgan fingerprint density at radius 1 is 1.11 bits per heavy atom. The minimum atomic E-state index is -0.367. The van der Waals surface area contributed by atoms with Crippen LogP contribution in [0.4, 0.5) is 5.69 Å². The molecule has 0 saturated heterocycles. The molecule has 1 aliphatic rings. The van der Waals surface area contributed by atoms with Gasteiger partial charge >= 0.3 is 0 Å². The maximum absolute atomic E-state index is 12.8. The molecule has 2 aromatic rings. The van der Waals surface area contributed by atoms with Crippen molar-refractivity contribution < 1.29 is 14.3 Å². The van der Waals surface area contributed by atoms with Crippen molar-refractivity contribution in [2.75, 3.05) is 12.4 Å². The highest BCUT2D eigenvalue weighted by molar-refractivity contribution is 6.03. The summed E-state index contributed by atoms with van der Waals surface area (Å²) in [5.74, 6) is 0.432. The van der Waals surface area contributed by atoms with Crippen LogP contribution in [0.2, 0.25) is 0 Å². The van der Waals surface area contributed by atoms with Gasteiger partial charge in [0.05, 0.1) is 12.8 Å². The van der Waals surface area contributed by atoms with Gasteiger partial charge in [0.25, 0.3) is 11.8 Å². The fraction of sp³-hybridized carbons (Fsp3) is 0.450. The quantitative estimate of drug-likeness (QED) is 0.866. The Labute approximate surface area is 159 Å². The third kappa shape index (κ3) is 4.30. The zero-order valence-corrected chi connectivity index (χ0v) is 16.3. The minimum Gasteiger partial charge on any atom is -0.497 e. The molecule has 27 heavy (non-hydrogen) atoms. The van der Waals surface area contributed by atoms with Gasteiger partial charge in [0.15, 0.2) is 5.82 Å². The highest BCUT2D eigenvalue weighted by Gasteiger charge is 2.29. The van der Waals surface area contributed by atoms with E-state index in [9.17, 15) is 9.59 Å². The van der Waals surface area contributed by atoms with E-state index in [0.717, 1.165) is 25.0 Å². The second-order valence-corrected chi connectivity index (χ2v) is 7.73. The van der Waals surface area contributed by atoms with Crippen LogP contribution in [0.25, 0.3) is 0 Å². The number of aromatic nitrogens is 2. The molecule has 0 unspecified atom stereocenters. The molecule has 1 aromatic carbocycles. The lowest BCUT2D eigenvalue weighted by atomic mass is 10.1. The maximum Gasteiger partial charge on any atom is 0.291 e. The highest BCUT2D eigenvalue weighted by Crippen LogP contribution is 2.23. The molecule has 144 valence electrons. The lowest BCUT2D eigenvalue weighted by molar-refractivity contribution is 0.0913. The molecule has 0 atom stereocenters. The van der Waals surface area contributed by atoms with E-state index in [2.05, 4.69) is 15.6 Å². The zero-order chi connectivity index (χ0) is 19.6. The van der Waals surface area contributed by atoms with Gasteiger partial charge in [-0.05, 0) is 64.3 Å². The Kier molecular flexibility index (Phi) is 5.21. The van der Waals surface area contributed by atoms with E-state index in [1.54, 1.807) is 31.4 Å². The first-order valence-electron chi connectivity index (χ1n) is 9.16. The number of methoxy groups -OCH3 is 1. The molecule has 0 radical (unpaired) electrons. The first-order valence-corrected chi connectivity index (χ1v) is 9.16. The van der Waals surface area contributed by atoms with E-state index >= 15 is 0 Å². The molecular formula is C20H26N4O3. The molecule has 1 aliphatic heterocycles. The van der Waals surface area contributed by atoms with Crippen molar-refractivity contribution in [2.24, 2.45) is 0 Å². The second-order valence-electron chi connectivity index (χ2n) is 7.73. The number of carbonyl (C=O) groups is 2. The predicted octanol–water partition coefficient (Wildman–Crippen LogP) is 3.01. The summed E-state index contributed by atoms with van der Waals surface area (Å²) in [6.45, 7) is 6.46. The predicted molar refractivity (Wildman–Crippen MR) is 103 cm³/mol. The summed E-state index contributed by atoms with van der Waals surface area (Å²) in [6, 6.07) is 7.09. The SMILES string of the molecule is COc1ccc(NC(=O)c2nc(C(=O)NC(C)(C)C)c3n2CCCC3)cc1. The monoisotopic (exact) mass is 370 g/mol. The van der Waals surface area contributed by atoms with E-state index < -0.39 is 0 Å². The summed E-state index contributed by atoms with van der Waals surface area (Å²) in [4.78, 5) is 29.9. The van der Waals surface area contributed by atoms with Gasteiger partial charge in [0.2, 0.25) is 0 Å². The number of hydrogen-bond acceptors (Lipinski definition) is 4. The molecule has 0 spiro atoms. The number of carbonyl (C=O) groups excluding carboxylic acids is 2. The number of benzene rings is 1. The van der Waals surface area contributed by atoms with Gasteiger partial charge in [-0.15, -0.1) is 0 Å². The second kappa shape index (κ2) is 7.42. The fourth-order valence-corrected chi connectivity index (χ4v) is 3.16. The Hall–Kier alpha value is -2.83. The summed E-state index contributed by atoms with van der Waals surface area (Å²) in [5.41, 5.74) is 1.47. The van der Waals surface area contributed by atoms with E-state index in [4.69, 9.17) is 4.74 Å². The van der Waals surface area contributed by atoms with Crippen molar-refractivity contribution in [3.63, 3.8) is 0 Å². The standard InChI is InChI=1S/C20H26N4O3/c1-20(2,3)23-18(25)16-15-7-5-6-12-24(15)17(22-16)19(26)21-13-8-10-14(27-4)11-9-13/h8-11H,5-7,12H2,1-4H3,(H,21,26)(H,23,25). The van der Waals surface area contributed by atoms with Crippen molar-refractivity contribution in [2.45, 2.75) is 52.1 Å². The lowest BCUT2D eigenvalue weighted by Gasteiger charge is -2.21. The largest absolute Gasteiger partial charge is 0.497 e. The molecule has 0 saturated carbocycles. The van der Waals surface area contributed by atoms with Crippen LogP contribution in [0.3, 0.4) is 0 Å². The summed E-state index contributed by atoms with van der Waals surface area (Å²) in [7, 11) is 1.59. The lowest BCUT2D eigenvalue weighted by Crippen LogP contribution is -2.41. The van der Waals surface area contributed by atoms with Gasteiger partial charge in [0.1, 0.15) is 11.4 Å². The van der Waals surface area contributed by atoms with Crippen molar-refractivity contribution in [1.82, 2.24) is 14.9 Å². The Balaban J connectivity index is 1.88. The van der Waals surface area contributed by atoms with Crippen LogP contribution in [-0.4, -0.2) is 34.0 Å². The molecule has 0 fully saturated rings. The van der Waals surface area contributed by atoms with Crippen LogP contribution < -0.4 is 15.4 Å². The molecule has 3 rings (SSSR count). The third-order valence-electron chi connectivity index (χ3n) is 4.37. The Bertz CT molecular complexity index is 847. The van der Waals surface area contributed by atoms with Gasteiger partial charge < -0.3 is 19.9 Å². The van der Waals surface area contributed by atoms with Gasteiger partial charge in [0, 0.05) is 17.8 Å². The van der Waals surface area contributed by atoms with Gasteiger partial charge in [-0.25, -0.2) is 4.98 Å². The van der Waals surface area contributed by atoms with Gasteiger partial charge in [-0.3, -0.25) is 9.59 Å². The third-order valence-corrected chi connectivity index (χ3v) is 4.37. The summed E-state index contributed by atoms with van der Waals surface area (Å²) < 4.78 is 7.00. The van der Waals surface area contributed by atoms with Gasteiger partial charge in [-0.2, -0.15) is 0 Å². The minimum absolute atomic E-state index is 0.239. The van der Waals surface area contributed by atoms with Crippen LogP contribution in [0, 0.1) is 0 Å². The van der Waals surface area contributed by atoms with Crippen molar-refractivity contribution in [3.05, 3.63) is 41.5 Å². The molecule has 2 heterocycles. The number of ether oxygens (including phenoxy) is 1. The van der Waals surface area contributed by atoms with Crippen molar-refractivity contribution >= 4 is 17.5 Å². The van der Waals surface area contributed by atoms with Crippen LogP contribution in [0.15, 0.2) is 24.3 Å². The molecule has 0 aliphatic carbocycles. The van der Waals surface area contributed by atoms with Gasteiger partial charge in [-0.1, -0.05) is 0 Å². The molecule has 7 nitrogen and oxygen atoms in total. The highest BCUT2D eigenvalue weighted by atomic mass is 16.5. The van der Waals surface area contributed by atoms with E-state index in [0.29, 0.717) is 23.7 Å². The number of anilines is 1. The molecule has 2 N–H and O–H groups in total. The Morgan fingerprint density at radius 3 is 2.44 bits per heavy atom. The normalized spacial score (nSPS) is 13.6.